The van der Waals surface area contributed by atoms with Gasteiger partial charge in [-0.05, 0) is 54.6 Å². The molecule has 1 aliphatic rings. The van der Waals surface area contributed by atoms with Gasteiger partial charge in [0.2, 0.25) is 0 Å². The number of amides is 1. The number of imidazole rings is 1. The highest BCUT2D eigenvalue weighted by atomic mass is 19.1. The van der Waals surface area contributed by atoms with Crippen LogP contribution in [0.1, 0.15) is 16.4 Å². The maximum atomic E-state index is 13.1. The summed E-state index contributed by atoms with van der Waals surface area (Å²) in [5.74, 6) is 0.880. The number of aromatic nitrogens is 2. The smallest absolute Gasteiger partial charge is 0.291 e. The van der Waals surface area contributed by atoms with E-state index in [1.807, 2.05) is 18.2 Å². The number of H-pyrrole nitrogens is 1. The Morgan fingerprint density at radius 1 is 1.10 bits per heavy atom. The van der Waals surface area contributed by atoms with E-state index >= 15 is 0 Å². The van der Waals surface area contributed by atoms with Gasteiger partial charge in [-0.3, -0.25) is 9.69 Å². The Morgan fingerprint density at radius 3 is 2.71 bits per heavy atom. The van der Waals surface area contributed by atoms with Gasteiger partial charge in [0.05, 0.1) is 30.8 Å². The number of nitrogens with one attached hydrogen (secondary N) is 2. The first-order valence-corrected chi connectivity index (χ1v) is 10.1. The fraction of sp³-hybridized carbons (Fsp3) is 0.217. The number of ether oxygens (including phenoxy) is 1. The van der Waals surface area contributed by atoms with Crippen LogP contribution in [0, 0.1) is 5.82 Å². The zero-order valence-electron chi connectivity index (χ0n) is 16.7. The standard InChI is InChI=1S/C23H21FN4O3/c24-16-3-1-15(2-4-16)20-7-8-21(31-20)23(29)25-17-5-6-18-19(13-17)27-22(26-18)14-28-9-11-30-12-10-28/h1-8,13H,9-12,14H2,(H,25,29)(H,26,27). The number of anilines is 1. The van der Waals surface area contributed by atoms with E-state index < -0.39 is 0 Å². The van der Waals surface area contributed by atoms with Crippen molar-refractivity contribution in [2.24, 2.45) is 0 Å². The zero-order chi connectivity index (χ0) is 21.2. The van der Waals surface area contributed by atoms with E-state index in [1.54, 1.807) is 24.3 Å². The molecule has 3 heterocycles. The molecule has 5 rings (SSSR count). The van der Waals surface area contributed by atoms with Crippen molar-refractivity contribution in [2.75, 3.05) is 31.6 Å². The molecule has 1 aliphatic heterocycles. The minimum absolute atomic E-state index is 0.178. The third kappa shape index (κ3) is 4.35. The van der Waals surface area contributed by atoms with Crippen LogP contribution in [-0.4, -0.2) is 47.1 Å². The number of halogens is 1. The summed E-state index contributed by atoms with van der Waals surface area (Å²) in [4.78, 5) is 22.9. The second-order valence-electron chi connectivity index (χ2n) is 7.43. The summed E-state index contributed by atoms with van der Waals surface area (Å²) in [5, 5.41) is 2.85. The molecule has 2 aromatic carbocycles. The monoisotopic (exact) mass is 420 g/mol. The third-order valence-electron chi connectivity index (χ3n) is 5.22. The Balaban J connectivity index is 1.28. The fourth-order valence-electron chi connectivity index (χ4n) is 3.61. The third-order valence-corrected chi connectivity index (χ3v) is 5.22. The van der Waals surface area contributed by atoms with Gasteiger partial charge in [0, 0.05) is 24.3 Å². The van der Waals surface area contributed by atoms with Crippen molar-refractivity contribution in [1.29, 1.82) is 0 Å². The van der Waals surface area contributed by atoms with E-state index in [1.165, 1.54) is 12.1 Å². The van der Waals surface area contributed by atoms with Gasteiger partial charge in [0.1, 0.15) is 17.4 Å². The van der Waals surface area contributed by atoms with Gasteiger partial charge in [-0.2, -0.15) is 0 Å². The number of aromatic amines is 1. The van der Waals surface area contributed by atoms with Crippen molar-refractivity contribution in [1.82, 2.24) is 14.9 Å². The van der Waals surface area contributed by atoms with Gasteiger partial charge >= 0.3 is 0 Å². The molecule has 8 heteroatoms. The molecular formula is C23H21FN4O3. The minimum Gasteiger partial charge on any atom is -0.451 e. The first-order valence-electron chi connectivity index (χ1n) is 10.1. The van der Waals surface area contributed by atoms with E-state index in [9.17, 15) is 9.18 Å². The largest absolute Gasteiger partial charge is 0.451 e. The number of carbonyl (C=O) groups is 1. The van der Waals surface area contributed by atoms with Gasteiger partial charge in [-0.15, -0.1) is 0 Å². The fourth-order valence-corrected chi connectivity index (χ4v) is 3.61. The summed E-state index contributed by atoms with van der Waals surface area (Å²) in [7, 11) is 0. The molecule has 31 heavy (non-hydrogen) atoms. The van der Waals surface area contributed by atoms with Crippen LogP contribution in [0.2, 0.25) is 0 Å². The number of morpholine rings is 1. The van der Waals surface area contributed by atoms with Gasteiger partial charge in [-0.25, -0.2) is 9.37 Å². The average Bonchev–Trinajstić information content (AvgIpc) is 3.42. The highest BCUT2D eigenvalue weighted by Crippen LogP contribution is 2.24. The van der Waals surface area contributed by atoms with Crippen molar-refractivity contribution in [3.8, 4) is 11.3 Å². The van der Waals surface area contributed by atoms with Crippen molar-refractivity contribution in [3.63, 3.8) is 0 Å². The Bertz CT molecular complexity index is 1210. The van der Waals surface area contributed by atoms with Crippen LogP contribution < -0.4 is 5.32 Å². The van der Waals surface area contributed by atoms with E-state index in [2.05, 4.69) is 20.2 Å². The van der Waals surface area contributed by atoms with Gasteiger partial charge < -0.3 is 19.5 Å². The summed E-state index contributed by atoms with van der Waals surface area (Å²) < 4.78 is 24.1. The summed E-state index contributed by atoms with van der Waals surface area (Å²) in [6, 6.07) is 14.7. The lowest BCUT2D eigenvalue weighted by molar-refractivity contribution is 0.0332. The van der Waals surface area contributed by atoms with Crippen molar-refractivity contribution < 1.29 is 18.3 Å². The molecular weight excluding hydrogens is 399 g/mol. The maximum Gasteiger partial charge on any atom is 0.291 e. The molecule has 0 spiro atoms. The number of benzene rings is 2. The zero-order valence-corrected chi connectivity index (χ0v) is 16.7. The molecule has 0 aliphatic carbocycles. The SMILES string of the molecule is O=C(Nc1ccc2nc(CN3CCOCC3)[nH]c2c1)c1ccc(-c2ccc(F)cc2)o1. The van der Waals surface area contributed by atoms with Crippen LogP contribution in [-0.2, 0) is 11.3 Å². The summed E-state index contributed by atoms with van der Waals surface area (Å²) >= 11 is 0. The normalized spacial score (nSPS) is 14.7. The molecule has 0 atom stereocenters. The lowest BCUT2D eigenvalue weighted by Crippen LogP contribution is -2.35. The molecule has 0 saturated carbocycles. The highest BCUT2D eigenvalue weighted by Gasteiger charge is 2.15. The number of rotatable bonds is 5. The van der Waals surface area contributed by atoms with Crippen molar-refractivity contribution in [2.45, 2.75) is 6.54 Å². The topological polar surface area (TPSA) is 83.4 Å². The van der Waals surface area contributed by atoms with Crippen LogP contribution in [0.25, 0.3) is 22.4 Å². The molecule has 1 saturated heterocycles. The second kappa shape index (κ2) is 8.33. The quantitative estimate of drug-likeness (QED) is 0.509. The molecule has 2 N–H and O–H groups in total. The predicted octanol–water partition coefficient (Wildman–Crippen LogP) is 4.05. The lowest BCUT2D eigenvalue weighted by atomic mass is 10.2. The van der Waals surface area contributed by atoms with E-state index in [4.69, 9.17) is 9.15 Å². The Labute approximate surface area is 177 Å². The molecule has 0 unspecified atom stereocenters. The van der Waals surface area contributed by atoms with E-state index in [0.717, 1.165) is 49.7 Å². The average molecular weight is 420 g/mol. The predicted molar refractivity (Wildman–Crippen MR) is 114 cm³/mol. The maximum absolute atomic E-state index is 13.1. The van der Waals surface area contributed by atoms with E-state index in [-0.39, 0.29) is 17.5 Å². The number of hydrogen-bond donors (Lipinski definition) is 2. The van der Waals surface area contributed by atoms with Crippen LogP contribution in [0.15, 0.2) is 59.0 Å². The summed E-state index contributed by atoms with van der Waals surface area (Å²) in [6.45, 7) is 4.00. The molecule has 1 fully saturated rings. The summed E-state index contributed by atoms with van der Waals surface area (Å²) in [6.07, 6.45) is 0. The molecule has 2 aromatic heterocycles. The van der Waals surface area contributed by atoms with Crippen molar-refractivity contribution in [3.05, 3.63) is 72.0 Å². The second-order valence-corrected chi connectivity index (χ2v) is 7.43. The van der Waals surface area contributed by atoms with Crippen LogP contribution in [0.4, 0.5) is 10.1 Å². The number of carbonyl (C=O) groups excluding carboxylic acids is 1. The molecule has 7 nitrogen and oxygen atoms in total. The summed E-state index contributed by atoms with van der Waals surface area (Å²) in [5.41, 5.74) is 3.04. The lowest BCUT2D eigenvalue weighted by Gasteiger charge is -2.25. The number of nitrogens with zero attached hydrogens (tertiary/aromatic N) is 2. The number of fused-ring (bicyclic) bond motifs is 1. The highest BCUT2D eigenvalue weighted by molar-refractivity contribution is 6.03. The first kappa shape index (κ1) is 19.5. The molecule has 1 amide bonds. The molecule has 0 radical (unpaired) electrons. The van der Waals surface area contributed by atoms with Crippen LogP contribution in [0.5, 0.6) is 0 Å². The van der Waals surface area contributed by atoms with Crippen molar-refractivity contribution >= 4 is 22.6 Å². The minimum atomic E-state index is -0.360. The van der Waals surface area contributed by atoms with Gasteiger partial charge in [0.25, 0.3) is 5.91 Å². The Hall–Kier alpha value is -3.49. The Morgan fingerprint density at radius 2 is 1.90 bits per heavy atom. The van der Waals surface area contributed by atoms with Gasteiger partial charge in [-0.1, -0.05) is 0 Å². The first-order chi connectivity index (χ1) is 15.1. The van der Waals surface area contributed by atoms with E-state index in [0.29, 0.717) is 17.0 Å². The molecule has 158 valence electrons. The van der Waals surface area contributed by atoms with Gasteiger partial charge in [0.15, 0.2) is 5.76 Å². The van der Waals surface area contributed by atoms with Crippen LogP contribution >= 0.6 is 0 Å². The number of hydrogen-bond acceptors (Lipinski definition) is 5. The molecule has 4 aromatic rings. The number of furan rings is 1. The Kier molecular flexibility index (Phi) is 5.23. The van der Waals surface area contributed by atoms with Crippen LogP contribution in [0.3, 0.4) is 0 Å². The molecule has 0 bridgehead atoms.